The number of benzene rings is 1. The summed E-state index contributed by atoms with van der Waals surface area (Å²) in [4.78, 5) is 0.114. The van der Waals surface area contributed by atoms with E-state index in [2.05, 4.69) is 14.9 Å². The first kappa shape index (κ1) is 14.2. The molecule has 5 nitrogen and oxygen atoms in total. The van der Waals surface area contributed by atoms with Gasteiger partial charge >= 0.3 is 0 Å². The molecule has 19 heavy (non-hydrogen) atoms. The van der Waals surface area contributed by atoms with Gasteiger partial charge in [-0.25, -0.2) is 8.42 Å². The largest absolute Gasteiger partial charge is 0.281 e. The van der Waals surface area contributed by atoms with Crippen LogP contribution in [0.15, 0.2) is 23.1 Å². The van der Waals surface area contributed by atoms with Crippen LogP contribution in [0.2, 0.25) is 10.0 Å². The molecule has 2 aromatic rings. The van der Waals surface area contributed by atoms with Crippen LogP contribution in [0.1, 0.15) is 11.4 Å². The van der Waals surface area contributed by atoms with Gasteiger partial charge in [-0.3, -0.25) is 9.82 Å². The number of nitrogens with one attached hydrogen (secondary N) is 2. The van der Waals surface area contributed by atoms with Gasteiger partial charge in [0.05, 0.1) is 27.1 Å². The molecular weight excluding hydrogens is 309 g/mol. The number of H-pyrrole nitrogens is 1. The average molecular weight is 320 g/mol. The number of rotatable bonds is 3. The van der Waals surface area contributed by atoms with Crippen molar-refractivity contribution >= 4 is 38.9 Å². The summed E-state index contributed by atoms with van der Waals surface area (Å²) in [5, 5.41) is 6.93. The summed E-state index contributed by atoms with van der Waals surface area (Å²) in [6, 6.07) is 4.73. The number of aryl methyl sites for hydroxylation is 2. The highest BCUT2D eigenvalue weighted by atomic mass is 35.5. The van der Waals surface area contributed by atoms with Gasteiger partial charge in [0.2, 0.25) is 0 Å². The summed E-state index contributed by atoms with van der Waals surface area (Å²) in [6.07, 6.45) is 0. The second-order valence-corrected chi connectivity index (χ2v) is 6.37. The van der Waals surface area contributed by atoms with E-state index in [1.807, 2.05) is 0 Å². The first-order valence-corrected chi connectivity index (χ1v) is 7.55. The number of nitrogens with zero attached hydrogens (tertiary/aromatic N) is 1. The third-order valence-electron chi connectivity index (χ3n) is 2.53. The Labute approximate surface area is 121 Å². The highest BCUT2D eigenvalue weighted by Gasteiger charge is 2.23. The minimum absolute atomic E-state index is 0.114. The van der Waals surface area contributed by atoms with Crippen LogP contribution in [0, 0.1) is 13.8 Å². The van der Waals surface area contributed by atoms with Gasteiger partial charge in [0.25, 0.3) is 10.0 Å². The molecule has 0 saturated carbocycles. The molecule has 1 aromatic heterocycles. The molecule has 8 heteroatoms. The Morgan fingerprint density at radius 2 is 1.95 bits per heavy atom. The van der Waals surface area contributed by atoms with E-state index in [-0.39, 0.29) is 20.6 Å². The van der Waals surface area contributed by atoms with E-state index in [0.29, 0.717) is 11.4 Å². The summed E-state index contributed by atoms with van der Waals surface area (Å²) in [5.74, 6) is 0. The van der Waals surface area contributed by atoms with Gasteiger partial charge < -0.3 is 0 Å². The number of aromatic amines is 1. The summed E-state index contributed by atoms with van der Waals surface area (Å²) >= 11 is 11.8. The molecule has 0 aliphatic heterocycles. The molecule has 0 aliphatic rings. The number of hydrogen-bond acceptors (Lipinski definition) is 3. The van der Waals surface area contributed by atoms with Crippen molar-refractivity contribution in [2.75, 3.05) is 4.72 Å². The van der Waals surface area contributed by atoms with Crippen molar-refractivity contribution in [3.63, 3.8) is 0 Å². The van der Waals surface area contributed by atoms with Gasteiger partial charge in [0, 0.05) is 0 Å². The molecule has 1 heterocycles. The lowest BCUT2D eigenvalue weighted by molar-refractivity contribution is 0.600. The van der Waals surface area contributed by atoms with E-state index < -0.39 is 10.0 Å². The first-order chi connectivity index (χ1) is 8.83. The van der Waals surface area contributed by atoms with Crippen LogP contribution in [0.4, 0.5) is 5.69 Å². The number of hydrogen-bond donors (Lipinski definition) is 2. The summed E-state index contributed by atoms with van der Waals surface area (Å²) in [7, 11) is -3.76. The lowest BCUT2D eigenvalue weighted by atomic mass is 10.3. The molecule has 2 rings (SSSR count). The van der Waals surface area contributed by atoms with Gasteiger partial charge in [0.15, 0.2) is 0 Å². The predicted octanol–water partition coefficient (Wildman–Crippen LogP) is 3.13. The van der Waals surface area contributed by atoms with E-state index in [1.165, 1.54) is 6.07 Å². The molecule has 102 valence electrons. The van der Waals surface area contributed by atoms with Gasteiger partial charge in [-0.2, -0.15) is 5.10 Å². The molecule has 0 aliphatic carbocycles. The molecule has 2 N–H and O–H groups in total. The Morgan fingerprint density at radius 1 is 1.26 bits per heavy atom. The molecule has 0 bridgehead atoms. The van der Waals surface area contributed by atoms with E-state index >= 15 is 0 Å². The minimum Gasteiger partial charge on any atom is -0.281 e. The van der Waals surface area contributed by atoms with Crippen molar-refractivity contribution in [2.45, 2.75) is 18.7 Å². The topological polar surface area (TPSA) is 74.8 Å². The zero-order valence-corrected chi connectivity index (χ0v) is 12.5. The highest BCUT2D eigenvalue weighted by Crippen LogP contribution is 2.31. The molecule has 0 saturated heterocycles. The molecular formula is C11H11Cl2N3O2S. The predicted molar refractivity (Wildman–Crippen MR) is 75.3 cm³/mol. The van der Waals surface area contributed by atoms with Crippen molar-refractivity contribution < 1.29 is 8.42 Å². The van der Waals surface area contributed by atoms with Crippen molar-refractivity contribution in [1.29, 1.82) is 0 Å². The van der Waals surface area contributed by atoms with E-state index in [1.54, 1.807) is 26.0 Å². The number of aromatic nitrogens is 2. The standard InChI is InChI=1S/C11H11Cl2N3O2S/c1-6-11(7(2)15-14-6)19(17,18)16-9-5-3-4-8(12)10(9)13/h3-5,16H,1-2H3,(H,14,15). The first-order valence-electron chi connectivity index (χ1n) is 5.31. The maximum Gasteiger partial charge on any atom is 0.265 e. The van der Waals surface area contributed by atoms with Crippen molar-refractivity contribution in [1.82, 2.24) is 10.2 Å². The number of sulfonamides is 1. The van der Waals surface area contributed by atoms with Crippen LogP contribution in [-0.2, 0) is 10.0 Å². The van der Waals surface area contributed by atoms with Gasteiger partial charge in [-0.1, -0.05) is 29.3 Å². The van der Waals surface area contributed by atoms with Crippen LogP contribution >= 0.6 is 23.2 Å². The Kier molecular flexibility index (Phi) is 3.75. The van der Waals surface area contributed by atoms with E-state index in [4.69, 9.17) is 23.2 Å². The Balaban J connectivity index is 2.46. The summed E-state index contributed by atoms with van der Waals surface area (Å²) in [5.41, 5.74) is 1.08. The normalized spacial score (nSPS) is 11.6. The SMILES string of the molecule is Cc1n[nH]c(C)c1S(=O)(=O)Nc1cccc(Cl)c1Cl. The third-order valence-corrected chi connectivity index (χ3v) is 4.97. The molecule has 0 unspecified atom stereocenters. The van der Waals surface area contributed by atoms with E-state index in [0.717, 1.165) is 0 Å². The lowest BCUT2D eigenvalue weighted by Gasteiger charge is -2.10. The van der Waals surface area contributed by atoms with Crippen LogP contribution in [0.3, 0.4) is 0 Å². The highest BCUT2D eigenvalue weighted by molar-refractivity contribution is 7.92. The molecule has 0 spiro atoms. The lowest BCUT2D eigenvalue weighted by Crippen LogP contribution is -2.14. The van der Waals surface area contributed by atoms with Crippen LogP contribution in [0.5, 0.6) is 0 Å². The Hall–Kier alpha value is -1.24. The van der Waals surface area contributed by atoms with Crippen molar-refractivity contribution in [3.05, 3.63) is 39.6 Å². The second-order valence-electron chi connectivity index (χ2n) is 3.97. The molecule has 0 radical (unpaired) electrons. The molecule has 0 fully saturated rings. The van der Waals surface area contributed by atoms with Gasteiger partial charge in [-0.05, 0) is 26.0 Å². The second kappa shape index (κ2) is 5.03. The van der Waals surface area contributed by atoms with Gasteiger partial charge in [-0.15, -0.1) is 0 Å². The fraction of sp³-hybridized carbons (Fsp3) is 0.182. The monoisotopic (exact) mass is 319 g/mol. The zero-order chi connectivity index (χ0) is 14.2. The van der Waals surface area contributed by atoms with Gasteiger partial charge in [0.1, 0.15) is 4.90 Å². The zero-order valence-electron chi connectivity index (χ0n) is 10.2. The maximum atomic E-state index is 12.3. The molecule has 0 atom stereocenters. The van der Waals surface area contributed by atoms with Crippen molar-refractivity contribution in [2.24, 2.45) is 0 Å². The Morgan fingerprint density at radius 3 is 2.53 bits per heavy atom. The van der Waals surface area contributed by atoms with Crippen LogP contribution in [-0.4, -0.2) is 18.6 Å². The molecule has 0 amide bonds. The summed E-state index contributed by atoms with van der Waals surface area (Å²) < 4.78 is 27.0. The number of anilines is 1. The molecule has 1 aromatic carbocycles. The number of halogens is 2. The quantitative estimate of drug-likeness (QED) is 0.912. The van der Waals surface area contributed by atoms with Crippen molar-refractivity contribution in [3.8, 4) is 0 Å². The maximum absolute atomic E-state index is 12.3. The summed E-state index contributed by atoms with van der Waals surface area (Å²) in [6.45, 7) is 3.24. The Bertz CT molecular complexity index is 706. The van der Waals surface area contributed by atoms with E-state index in [9.17, 15) is 8.42 Å². The van der Waals surface area contributed by atoms with Crippen LogP contribution in [0.25, 0.3) is 0 Å². The fourth-order valence-corrected chi connectivity index (χ4v) is 3.56. The minimum atomic E-state index is -3.76. The fourth-order valence-electron chi connectivity index (χ4n) is 1.72. The average Bonchev–Trinajstić information content (AvgIpc) is 2.65. The van der Waals surface area contributed by atoms with Crippen LogP contribution < -0.4 is 4.72 Å². The smallest absolute Gasteiger partial charge is 0.265 e. The third kappa shape index (κ3) is 2.70.